The van der Waals surface area contributed by atoms with Crippen molar-refractivity contribution in [1.82, 2.24) is 39.4 Å². The Morgan fingerprint density at radius 3 is 2.65 bits per heavy atom. The van der Waals surface area contributed by atoms with Gasteiger partial charge in [0.25, 0.3) is 5.91 Å². The third-order valence-corrected chi connectivity index (χ3v) is 12.8. The van der Waals surface area contributed by atoms with Crippen molar-refractivity contribution in [3.05, 3.63) is 79.2 Å². The van der Waals surface area contributed by atoms with Crippen molar-refractivity contribution in [1.29, 1.82) is 0 Å². The average Bonchev–Trinajstić information content (AvgIpc) is 3.92. The SMILES string of the molecule is C=CC(=O)NC1CCCC(Nc2nc(C3CCCC[C@H]3CCO/C=C/C(=O)Nc3cccc(Nc4cc(N5CCCC(N)C5)nc5c(CC)cnn45)c3)nc3c2ncn3C(C)C)C1. The molecule has 1 aromatic carbocycles. The highest BCUT2D eigenvalue weighted by Gasteiger charge is 2.31. The van der Waals surface area contributed by atoms with E-state index in [0.29, 0.717) is 18.2 Å². The Hall–Kier alpha value is -6.03. The summed E-state index contributed by atoms with van der Waals surface area (Å²) in [4.78, 5) is 47.5. The van der Waals surface area contributed by atoms with E-state index in [4.69, 9.17) is 30.4 Å². The maximum absolute atomic E-state index is 13.1. The molecule has 6 N–H and O–H groups in total. The lowest BCUT2D eigenvalue weighted by Crippen LogP contribution is -2.43. The third kappa shape index (κ3) is 10.4. The summed E-state index contributed by atoms with van der Waals surface area (Å²) in [5.41, 5.74) is 11.3. The summed E-state index contributed by atoms with van der Waals surface area (Å²) in [6, 6.07) is 10.2. The molecule has 4 unspecified atom stereocenters. The van der Waals surface area contributed by atoms with Gasteiger partial charge in [0.1, 0.15) is 23.0 Å². The molecular formula is C47H63N13O3. The average molecular weight is 858 g/mol. The van der Waals surface area contributed by atoms with Crippen LogP contribution in [0.5, 0.6) is 0 Å². The van der Waals surface area contributed by atoms with E-state index < -0.39 is 0 Å². The maximum Gasteiger partial charge on any atom is 0.251 e. The van der Waals surface area contributed by atoms with E-state index in [1.54, 1.807) is 0 Å². The number of fused-ring (bicyclic) bond motifs is 2. The van der Waals surface area contributed by atoms with Crippen LogP contribution in [-0.4, -0.2) is 83.8 Å². The Morgan fingerprint density at radius 2 is 1.83 bits per heavy atom. The molecule has 16 heteroatoms. The second kappa shape index (κ2) is 20.0. The molecule has 5 heterocycles. The number of nitrogens with zero attached hydrogens (tertiary/aromatic N) is 8. The molecule has 5 aromatic rings. The molecule has 1 aliphatic heterocycles. The van der Waals surface area contributed by atoms with Crippen LogP contribution in [0, 0.1) is 5.92 Å². The smallest absolute Gasteiger partial charge is 0.251 e. The van der Waals surface area contributed by atoms with Gasteiger partial charge in [-0.1, -0.05) is 32.4 Å². The molecule has 16 nitrogen and oxygen atoms in total. The first-order chi connectivity index (χ1) is 30.6. The predicted octanol–water partition coefficient (Wildman–Crippen LogP) is 7.54. The summed E-state index contributed by atoms with van der Waals surface area (Å²) in [7, 11) is 0. The topological polar surface area (TPSA) is 195 Å². The monoisotopic (exact) mass is 858 g/mol. The van der Waals surface area contributed by atoms with Crippen LogP contribution in [-0.2, 0) is 20.7 Å². The lowest BCUT2D eigenvalue weighted by molar-refractivity contribution is -0.117. The molecule has 3 fully saturated rings. The molecule has 63 heavy (non-hydrogen) atoms. The molecule has 1 saturated heterocycles. The summed E-state index contributed by atoms with van der Waals surface area (Å²) in [6.07, 6.45) is 19.7. The van der Waals surface area contributed by atoms with Gasteiger partial charge in [0.2, 0.25) is 5.91 Å². The number of nitrogens with two attached hydrogens (primary N) is 1. The Labute approximate surface area is 369 Å². The molecule has 0 bridgehead atoms. The molecular weight excluding hydrogens is 795 g/mol. The van der Waals surface area contributed by atoms with Crippen LogP contribution in [0.15, 0.2) is 67.8 Å². The normalized spacial score (nSPS) is 21.8. The number of benzene rings is 1. The lowest BCUT2D eigenvalue weighted by Gasteiger charge is -2.32. The van der Waals surface area contributed by atoms with Crippen molar-refractivity contribution in [3.8, 4) is 0 Å². The van der Waals surface area contributed by atoms with E-state index in [1.165, 1.54) is 18.4 Å². The number of piperidine rings is 1. The standard InChI is InChI=1S/C47H63N13O3/c1-5-31-27-50-60-40(26-39(55-46(31)60)58-21-11-13-33(48)28-58)51-34-14-9-16-36(24-34)53-42(62)20-23-63-22-19-32-12-7-8-18-38(32)44-56-45(43-47(57-44)59(29-49-43)30(3)4)54-37-17-10-15-35(25-37)52-41(61)6-2/h6,9,14,16,20,23-24,26-27,29-30,32-33,35,37-38,51H,2,5,7-8,10-13,15,17-19,21-22,25,28,48H2,1,3-4H3,(H,52,61)(H,53,62)(H,54,56,57)/b23-20+/t32-,33?,35?,37?,38?/m0/s1. The fraction of sp³-hybridized carbons (Fsp3) is 0.511. The van der Waals surface area contributed by atoms with Gasteiger partial charge in [0.15, 0.2) is 17.1 Å². The minimum Gasteiger partial charge on any atom is -0.501 e. The molecule has 8 rings (SSSR count). The number of carbonyl (C=O) groups excluding carboxylic acids is 2. The van der Waals surface area contributed by atoms with Crippen LogP contribution in [0.25, 0.3) is 16.8 Å². The number of aryl methyl sites for hydroxylation is 1. The zero-order valence-corrected chi connectivity index (χ0v) is 36.9. The second-order valence-electron chi connectivity index (χ2n) is 17.7. The fourth-order valence-corrected chi connectivity index (χ4v) is 9.49. The Kier molecular flexibility index (Phi) is 13.8. The number of imidazole rings is 1. The van der Waals surface area contributed by atoms with Crippen LogP contribution >= 0.6 is 0 Å². The van der Waals surface area contributed by atoms with Gasteiger partial charge in [-0.15, -0.1) is 0 Å². The molecule has 334 valence electrons. The van der Waals surface area contributed by atoms with Crippen molar-refractivity contribution < 1.29 is 14.3 Å². The quantitative estimate of drug-likeness (QED) is 0.0372. The summed E-state index contributed by atoms with van der Waals surface area (Å²) in [5.74, 6) is 3.33. The molecule has 3 aliphatic rings. The first-order valence-corrected chi connectivity index (χ1v) is 22.9. The van der Waals surface area contributed by atoms with E-state index in [0.717, 1.165) is 141 Å². The Morgan fingerprint density at radius 1 is 0.984 bits per heavy atom. The van der Waals surface area contributed by atoms with Crippen LogP contribution < -0.4 is 31.9 Å². The van der Waals surface area contributed by atoms with E-state index in [9.17, 15) is 9.59 Å². The largest absolute Gasteiger partial charge is 0.501 e. The number of rotatable bonds is 16. The molecule has 0 radical (unpaired) electrons. The van der Waals surface area contributed by atoms with E-state index in [2.05, 4.69) is 63.2 Å². The zero-order valence-electron chi connectivity index (χ0n) is 36.9. The first-order valence-electron chi connectivity index (χ1n) is 22.9. The fourth-order valence-electron chi connectivity index (χ4n) is 9.49. The molecule has 4 aromatic heterocycles. The number of ether oxygens (including phenoxy) is 1. The van der Waals surface area contributed by atoms with Gasteiger partial charge in [-0.25, -0.2) is 19.9 Å². The molecule has 2 aliphatic carbocycles. The number of aromatic nitrogens is 7. The van der Waals surface area contributed by atoms with Crippen LogP contribution in [0.2, 0.25) is 0 Å². The summed E-state index contributed by atoms with van der Waals surface area (Å²) in [5, 5.41) is 17.9. The van der Waals surface area contributed by atoms with Crippen LogP contribution in [0.4, 0.5) is 28.8 Å². The van der Waals surface area contributed by atoms with Crippen LogP contribution in [0.3, 0.4) is 0 Å². The summed E-state index contributed by atoms with van der Waals surface area (Å²) >= 11 is 0. The number of carbonyl (C=O) groups is 2. The number of amides is 2. The van der Waals surface area contributed by atoms with Crippen molar-refractivity contribution in [2.24, 2.45) is 11.7 Å². The highest BCUT2D eigenvalue weighted by Crippen LogP contribution is 2.40. The highest BCUT2D eigenvalue weighted by molar-refractivity contribution is 5.99. The van der Waals surface area contributed by atoms with Crippen molar-refractivity contribution in [3.63, 3.8) is 0 Å². The zero-order chi connectivity index (χ0) is 43.9. The molecule has 0 spiro atoms. The van der Waals surface area contributed by atoms with E-state index >= 15 is 0 Å². The highest BCUT2D eigenvalue weighted by atomic mass is 16.5. The van der Waals surface area contributed by atoms with Gasteiger partial charge in [0.05, 0.1) is 25.4 Å². The number of nitrogens with one attached hydrogen (secondary N) is 4. The second-order valence-corrected chi connectivity index (χ2v) is 17.7. The van der Waals surface area contributed by atoms with Gasteiger partial charge in [-0.3, -0.25) is 9.59 Å². The van der Waals surface area contributed by atoms with Crippen molar-refractivity contribution >= 4 is 57.5 Å². The lowest BCUT2D eigenvalue weighted by atomic mass is 9.77. The van der Waals surface area contributed by atoms with E-state index in [-0.39, 0.29) is 41.9 Å². The summed E-state index contributed by atoms with van der Waals surface area (Å²) < 4.78 is 9.89. The van der Waals surface area contributed by atoms with Gasteiger partial charge in [-0.2, -0.15) is 9.61 Å². The van der Waals surface area contributed by atoms with Crippen LogP contribution in [0.1, 0.15) is 115 Å². The molecule has 5 atom stereocenters. The minimum absolute atomic E-state index is 0.0876. The van der Waals surface area contributed by atoms with E-state index in [1.807, 2.05) is 47.4 Å². The Bertz CT molecular complexity index is 2420. The van der Waals surface area contributed by atoms with Crippen molar-refractivity contribution in [2.45, 2.75) is 128 Å². The molecule has 2 saturated carbocycles. The Balaban J connectivity index is 0.891. The van der Waals surface area contributed by atoms with Gasteiger partial charge in [0, 0.05) is 72.3 Å². The maximum atomic E-state index is 13.1. The van der Waals surface area contributed by atoms with Gasteiger partial charge in [-0.05, 0) is 108 Å². The predicted molar refractivity (Wildman–Crippen MR) is 248 cm³/mol. The summed E-state index contributed by atoms with van der Waals surface area (Å²) in [6.45, 7) is 12.1. The third-order valence-electron chi connectivity index (χ3n) is 12.8. The van der Waals surface area contributed by atoms with Gasteiger partial charge < -0.3 is 41.2 Å². The molecule has 2 amide bonds. The van der Waals surface area contributed by atoms with Crippen molar-refractivity contribution in [2.75, 3.05) is 40.5 Å². The first kappa shape index (κ1) is 43.6. The minimum atomic E-state index is -0.284. The van der Waals surface area contributed by atoms with Gasteiger partial charge >= 0.3 is 0 Å². The number of anilines is 5. The number of hydrogen-bond acceptors (Lipinski definition) is 12. The number of hydrogen-bond donors (Lipinski definition) is 5.